The third kappa shape index (κ3) is 25.3. The first kappa shape index (κ1) is 42.2. The summed E-state index contributed by atoms with van der Waals surface area (Å²) in [5.41, 5.74) is 0. The van der Waals surface area contributed by atoms with Crippen LogP contribution in [0.3, 0.4) is 0 Å². The Morgan fingerprint density at radius 1 is 0.718 bits per heavy atom. The van der Waals surface area contributed by atoms with Gasteiger partial charge in [-0.1, -0.05) is 113 Å². The largest absolute Gasteiger partial charge is 0.421 e. The number of benzene rings is 2. The molecule has 0 saturated carbocycles. The Bertz CT molecular complexity index is 899. The van der Waals surface area contributed by atoms with Crippen molar-refractivity contribution in [3.8, 4) is 5.75 Å². The Morgan fingerprint density at radius 3 is 1.64 bits per heavy atom. The van der Waals surface area contributed by atoms with Crippen LogP contribution in [0, 0.1) is 81.7 Å². The van der Waals surface area contributed by atoms with Gasteiger partial charge >= 0.3 is 7.60 Å². The maximum absolute atomic E-state index is 11.9. The van der Waals surface area contributed by atoms with Crippen LogP contribution in [0.2, 0.25) is 0 Å². The zero-order valence-corrected chi connectivity index (χ0v) is 31.9. The van der Waals surface area contributed by atoms with E-state index in [4.69, 9.17) is 9.42 Å². The smallest absolute Gasteiger partial charge is 0.408 e. The van der Waals surface area contributed by atoms with E-state index in [1.54, 1.807) is 54.6 Å². The fraction of sp³-hybridized carbons (Fsp3) is 0.533. The number of rotatable bonds is 19. The Morgan fingerprint density at radius 2 is 1.15 bits per heavy atom. The summed E-state index contributed by atoms with van der Waals surface area (Å²) in [5, 5.41) is 0.291. The molecule has 2 atom stereocenters. The number of para-hydroxylation sites is 1. The van der Waals surface area contributed by atoms with Crippen molar-refractivity contribution < 1.29 is 105 Å². The summed E-state index contributed by atoms with van der Waals surface area (Å²) in [7, 11) is -5.98. The van der Waals surface area contributed by atoms with Crippen molar-refractivity contribution >= 4 is 20.9 Å². The second-order valence-corrected chi connectivity index (χ2v) is 12.4. The molecule has 2 unspecified atom stereocenters. The molecular weight excluding hydrogens is 791 g/mol. The molecule has 2 aromatic carbocycles. The van der Waals surface area contributed by atoms with Crippen LogP contribution in [0.4, 0.5) is 0 Å². The summed E-state index contributed by atoms with van der Waals surface area (Å²) in [6.45, 7) is 2.26. The van der Waals surface area contributed by atoms with Crippen molar-refractivity contribution in [2.24, 2.45) is 0 Å². The molecule has 0 aliphatic carbocycles. The zero-order valence-electron chi connectivity index (χ0n) is 23.6. The van der Waals surface area contributed by atoms with Crippen molar-refractivity contribution in [1.29, 1.82) is 0 Å². The van der Waals surface area contributed by atoms with Crippen LogP contribution in [0.25, 0.3) is 0 Å². The standard InChI is InChI=1S/C18H37O2P.C12H11O3P.2Nd/c1-2-3-4-5-6-7-8-9-10-11-12-13-14-15-16-17-18-21(19)20;13-16(14,12-9-5-2-6-10-12)15-11-7-3-1-4-8-11;;/h9-10,21H,2-8,11-18H2,1H3,(H,19,20);1-10H,(H,13,14);;/b10-9-;;;. The van der Waals surface area contributed by atoms with Crippen molar-refractivity contribution in [2.75, 3.05) is 6.16 Å². The van der Waals surface area contributed by atoms with Crippen LogP contribution in [0.1, 0.15) is 96.8 Å². The predicted octanol–water partition coefficient (Wildman–Crippen LogP) is 9.07. The van der Waals surface area contributed by atoms with Gasteiger partial charge in [0.15, 0.2) is 8.03 Å². The number of allylic oxidation sites excluding steroid dienone is 2. The average Bonchev–Trinajstić information content (AvgIpc) is 2.89. The molecule has 0 amide bonds. The molecule has 0 bridgehead atoms. The van der Waals surface area contributed by atoms with Gasteiger partial charge in [-0.05, 0) is 56.4 Å². The molecule has 216 valence electrons. The summed E-state index contributed by atoms with van der Waals surface area (Å²) in [6, 6.07) is 16.9. The molecule has 0 fully saturated rings. The normalized spacial score (nSPS) is 12.8. The van der Waals surface area contributed by atoms with Gasteiger partial charge in [-0.3, -0.25) is 4.57 Å². The molecule has 2 rings (SSSR count). The quantitative estimate of drug-likeness (QED) is 0.0839. The third-order valence-electron chi connectivity index (χ3n) is 5.96. The van der Waals surface area contributed by atoms with E-state index in [2.05, 4.69) is 19.1 Å². The summed E-state index contributed by atoms with van der Waals surface area (Å²) >= 11 is 0. The Kier molecular flexibility index (Phi) is 31.5. The van der Waals surface area contributed by atoms with Crippen LogP contribution < -0.4 is 9.83 Å². The molecule has 2 N–H and O–H groups in total. The fourth-order valence-electron chi connectivity index (χ4n) is 3.82. The van der Waals surface area contributed by atoms with E-state index in [0.717, 1.165) is 12.8 Å². The summed E-state index contributed by atoms with van der Waals surface area (Å²) in [5.74, 6) is 0.386. The SMILES string of the molecule is CCCCCCCC/C=C\CCCCCCCC[PH](=O)O.O=P(O)(Oc1ccccc1)c1ccccc1.[Nd].[Nd]. The minimum atomic E-state index is -3.77. The Balaban J connectivity index is 0. The molecule has 39 heavy (non-hydrogen) atoms. The Labute approximate surface area is 303 Å². The zero-order chi connectivity index (χ0) is 27.0. The number of hydrogen-bond donors (Lipinski definition) is 2. The van der Waals surface area contributed by atoms with Crippen molar-refractivity contribution in [3.63, 3.8) is 0 Å². The second-order valence-electron chi connectivity index (χ2n) is 9.34. The predicted molar refractivity (Wildman–Crippen MR) is 159 cm³/mol. The molecule has 9 heteroatoms. The minimum Gasteiger partial charge on any atom is -0.421 e. The fourth-order valence-corrected chi connectivity index (χ4v) is 5.43. The maximum atomic E-state index is 11.9. The Hall–Kier alpha value is 1.06. The molecular formula is C30H48Nd2O5P2. The van der Waals surface area contributed by atoms with Gasteiger partial charge < -0.3 is 14.3 Å². The average molecular weight is 839 g/mol. The monoisotopic (exact) mass is 834 g/mol. The van der Waals surface area contributed by atoms with Crippen LogP contribution in [0.15, 0.2) is 72.8 Å². The molecule has 5 nitrogen and oxygen atoms in total. The summed E-state index contributed by atoms with van der Waals surface area (Å²) < 4.78 is 27.5. The van der Waals surface area contributed by atoms with Gasteiger partial charge in [0.2, 0.25) is 0 Å². The topological polar surface area (TPSA) is 83.8 Å². The van der Waals surface area contributed by atoms with E-state index in [1.807, 2.05) is 6.07 Å². The maximum Gasteiger partial charge on any atom is 0.408 e. The van der Waals surface area contributed by atoms with E-state index in [0.29, 0.717) is 17.2 Å². The molecule has 0 aliphatic heterocycles. The molecule has 2 aromatic rings. The van der Waals surface area contributed by atoms with Gasteiger partial charge in [0, 0.05) is 87.8 Å². The molecule has 0 radical (unpaired) electrons. The first-order chi connectivity index (χ1) is 18.0. The molecule has 0 spiro atoms. The first-order valence-electron chi connectivity index (χ1n) is 14.0. The van der Waals surface area contributed by atoms with Crippen LogP contribution in [0.5, 0.6) is 5.75 Å². The molecule has 0 aromatic heterocycles. The number of hydrogen-bond acceptors (Lipinski definition) is 3. The van der Waals surface area contributed by atoms with Gasteiger partial charge in [-0.25, -0.2) is 4.57 Å². The van der Waals surface area contributed by atoms with Gasteiger partial charge in [-0.15, -0.1) is 0 Å². The van der Waals surface area contributed by atoms with Crippen molar-refractivity contribution in [2.45, 2.75) is 96.8 Å². The van der Waals surface area contributed by atoms with Crippen molar-refractivity contribution in [1.82, 2.24) is 0 Å². The van der Waals surface area contributed by atoms with Crippen LogP contribution in [-0.4, -0.2) is 15.9 Å². The van der Waals surface area contributed by atoms with Gasteiger partial charge in [-0.2, -0.15) is 0 Å². The van der Waals surface area contributed by atoms with E-state index >= 15 is 0 Å². The molecule has 0 heterocycles. The first-order valence-corrected chi connectivity index (χ1v) is 17.1. The van der Waals surface area contributed by atoms with Crippen LogP contribution >= 0.6 is 15.6 Å². The molecule has 0 aliphatic rings. The van der Waals surface area contributed by atoms with Gasteiger partial charge in [0.05, 0.1) is 5.30 Å². The van der Waals surface area contributed by atoms with Crippen molar-refractivity contribution in [3.05, 3.63) is 72.8 Å². The van der Waals surface area contributed by atoms with Crippen LogP contribution in [-0.2, 0) is 9.13 Å². The van der Waals surface area contributed by atoms with E-state index in [1.165, 1.54) is 77.0 Å². The number of unbranched alkanes of at least 4 members (excludes halogenated alkanes) is 12. The summed E-state index contributed by atoms with van der Waals surface area (Å²) in [4.78, 5) is 18.5. The van der Waals surface area contributed by atoms with Gasteiger partial charge in [0.1, 0.15) is 5.75 Å². The van der Waals surface area contributed by atoms with E-state index in [-0.39, 0.29) is 81.7 Å². The second kappa shape index (κ2) is 29.1. The third-order valence-corrected chi connectivity index (χ3v) is 8.15. The molecule has 0 saturated heterocycles. The minimum absolute atomic E-state index is 0. The van der Waals surface area contributed by atoms with E-state index < -0.39 is 15.6 Å². The van der Waals surface area contributed by atoms with Gasteiger partial charge in [0.25, 0.3) is 0 Å². The van der Waals surface area contributed by atoms with E-state index in [9.17, 15) is 14.0 Å². The summed E-state index contributed by atoms with van der Waals surface area (Å²) in [6.07, 6.45) is 23.1.